The molecule has 3 aromatic rings. The molecule has 0 fully saturated rings. The first kappa shape index (κ1) is 17.3. The largest absolute Gasteiger partial charge is 0.298 e. The van der Waals surface area contributed by atoms with Crippen LogP contribution in [0.2, 0.25) is 5.02 Å². The average molecular weight is 367 g/mol. The summed E-state index contributed by atoms with van der Waals surface area (Å²) in [4.78, 5) is 4.66. The van der Waals surface area contributed by atoms with Crippen LogP contribution in [-0.2, 0) is 26.2 Å². The molecular weight excluding hydrogens is 344 g/mol. The molecule has 0 atom stereocenters. The molecule has 4 nitrogen and oxygen atoms in total. The number of rotatable bonds is 5. The Kier molecular flexibility index (Phi) is 4.81. The van der Waals surface area contributed by atoms with E-state index in [2.05, 4.69) is 53.4 Å². The fraction of sp³-hybridized carbons (Fsp3) is 0.286. The summed E-state index contributed by atoms with van der Waals surface area (Å²) in [5.41, 5.74) is 6.36. The number of halogens is 1. The second-order valence-electron chi connectivity index (χ2n) is 7.19. The second kappa shape index (κ2) is 7.23. The second-order valence-corrected chi connectivity index (χ2v) is 7.60. The van der Waals surface area contributed by atoms with Crippen LogP contribution in [-0.4, -0.2) is 33.7 Å². The van der Waals surface area contributed by atoms with Crippen molar-refractivity contribution in [3.63, 3.8) is 0 Å². The molecule has 1 aliphatic heterocycles. The van der Waals surface area contributed by atoms with Gasteiger partial charge in [0.05, 0.1) is 16.9 Å². The van der Waals surface area contributed by atoms with Crippen molar-refractivity contribution in [2.45, 2.75) is 26.2 Å². The van der Waals surface area contributed by atoms with Crippen LogP contribution < -0.4 is 0 Å². The lowest BCUT2D eigenvalue weighted by Crippen LogP contribution is -2.17. The Bertz CT molecular complexity index is 918. The highest BCUT2D eigenvalue weighted by Crippen LogP contribution is 2.23. The van der Waals surface area contributed by atoms with Gasteiger partial charge in [0.25, 0.3) is 0 Å². The minimum absolute atomic E-state index is 0.707. The first-order valence-electron chi connectivity index (χ1n) is 8.85. The van der Waals surface area contributed by atoms with E-state index in [-0.39, 0.29) is 0 Å². The molecule has 5 heteroatoms. The Labute approximate surface area is 159 Å². The number of hydrogen-bond acceptors (Lipinski definition) is 3. The summed E-state index contributed by atoms with van der Waals surface area (Å²) in [6.45, 7) is 3.89. The maximum Gasteiger partial charge on any atom is 0.0831 e. The van der Waals surface area contributed by atoms with E-state index in [4.69, 9.17) is 11.6 Å². The van der Waals surface area contributed by atoms with Gasteiger partial charge in [-0.2, -0.15) is 5.10 Å². The normalized spacial score (nSPS) is 14.2. The maximum atomic E-state index is 6.26. The molecule has 4 rings (SSSR count). The van der Waals surface area contributed by atoms with Crippen LogP contribution in [0, 0.1) is 0 Å². The number of aromatic nitrogens is 2. The molecule has 1 aliphatic rings. The van der Waals surface area contributed by atoms with Crippen LogP contribution in [0.25, 0.3) is 5.69 Å². The van der Waals surface area contributed by atoms with Crippen LogP contribution in [0.1, 0.15) is 22.3 Å². The molecule has 0 saturated carbocycles. The third kappa shape index (κ3) is 3.68. The molecule has 0 amide bonds. The Morgan fingerprint density at radius 1 is 1.04 bits per heavy atom. The molecule has 0 spiro atoms. The van der Waals surface area contributed by atoms with E-state index in [1.165, 1.54) is 22.3 Å². The van der Waals surface area contributed by atoms with E-state index in [0.29, 0.717) is 5.02 Å². The summed E-state index contributed by atoms with van der Waals surface area (Å²) in [5.74, 6) is 0. The highest BCUT2D eigenvalue weighted by molar-refractivity contribution is 6.32. The number of para-hydroxylation sites is 1. The van der Waals surface area contributed by atoms with Gasteiger partial charge in [-0.05, 0) is 42.9 Å². The summed E-state index contributed by atoms with van der Waals surface area (Å²) in [6, 6.07) is 14.6. The van der Waals surface area contributed by atoms with Crippen LogP contribution in [0.3, 0.4) is 0 Å². The summed E-state index contributed by atoms with van der Waals surface area (Å²) in [6.07, 6.45) is 3.97. The zero-order valence-corrected chi connectivity index (χ0v) is 15.9. The van der Waals surface area contributed by atoms with E-state index >= 15 is 0 Å². The van der Waals surface area contributed by atoms with Gasteiger partial charge < -0.3 is 0 Å². The van der Waals surface area contributed by atoms with Gasteiger partial charge in [-0.15, -0.1) is 0 Å². The molecule has 0 saturated heterocycles. The third-order valence-corrected chi connectivity index (χ3v) is 5.11. The van der Waals surface area contributed by atoms with E-state index in [9.17, 15) is 0 Å². The van der Waals surface area contributed by atoms with E-state index in [0.717, 1.165) is 31.9 Å². The first-order chi connectivity index (χ1) is 12.6. The molecule has 0 N–H and O–H groups in total. The average Bonchev–Trinajstić information content (AvgIpc) is 3.20. The predicted octanol–water partition coefficient (Wildman–Crippen LogP) is 4.10. The Hall–Kier alpha value is -2.14. The first-order valence-corrected chi connectivity index (χ1v) is 9.22. The van der Waals surface area contributed by atoms with Gasteiger partial charge >= 0.3 is 0 Å². The van der Waals surface area contributed by atoms with E-state index in [1.807, 2.05) is 35.1 Å². The van der Waals surface area contributed by atoms with Gasteiger partial charge in [-0.3, -0.25) is 9.80 Å². The monoisotopic (exact) mass is 366 g/mol. The third-order valence-electron chi connectivity index (χ3n) is 4.79. The number of benzene rings is 2. The van der Waals surface area contributed by atoms with Gasteiger partial charge in [-0.1, -0.05) is 41.9 Å². The van der Waals surface area contributed by atoms with Crippen molar-refractivity contribution in [2.24, 2.45) is 0 Å². The molecule has 0 radical (unpaired) electrons. The topological polar surface area (TPSA) is 24.3 Å². The quantitative estimate of drug-likeness (QED) is 0.679. The smallest absolute Gasteiger partial charge is 0.0831 e. The number of nitrogens with zero attached hydrogens (tertiary/aromatic N) is 4. The molecule has 134 valence electrons. The summed E-state index contributed by atoms with van der Waals surface area (Å²) < 4.78 is 1.84. The van der Waals surface area contributed by atoms with Crippen LogP contribution >= 0.6 is 11.6 Å². The molecule has 2 heterocycles. The summed E-state index contributed by atoms with van der Waals surface area (Å²) >= 11 is 6.26. The number of hydrogen-bond donors (Lipinski definition) is 0. The lowest BCUT2D eigenvalue weighted by atomic mass is 10.1. The lowest BCUT2D eigenvalue weighted by molar-refractivity contribution is 0.319. The lowest BCUT2D eigenvalue weighted by Gasteiger charge is -2.16. The number of fused-ring (bicyclic) bond motifs is 1. The van der Waals surface area contributed by atoms with Crippen LogP contribution in [0.15, 0.2) is 54.9 Å². The Morgan fingerprint density at radius 2 is 1.81 bits per heavy atom. The summed E-state index contributed by atoms with van der Waals surface area (Å²) in [7, 11) is 4.31. The van der Waals surface area contributed by atoms with E-state index < -0.39 is 0 Å². The van der Waals surface area contributed by atoms with Crippen molar-refractivity contribution in [3.8, 4) is 5.69 Å². The minimum Gasteiger partial charge on any atom is -0.298 e. The molecule has 0 unspecified atom stereocenters. The van der Waals surface area contributed by atoms with Crippen molar-refractivity contribution in [2.75, 3.05) is 14.1 Å². The molecule has 0 bridgehead atoms. The maximum absolute atomic E-state index is 6.26. The zero-order valence-electron chi connectivity index (χ0n) is 15.2. The van der Waals surface area contributed by atoms with Crippen LogP contribution in [0.5, 0.6) is 0 Å². The fourth-order valence-electron chi connectivity index (χ4n) is 3.61. The standard InChI is InChI=1S/C21H23ClN4/c1-24(11-16-7-8-18-14-25(2)15-19(18)9-16)12-17-10-23-26(13-17)21-6-4-3-5-20(21)22/h3-10,13H,11-12,14-15H2,1-2H3. The van der Waals surface area contributed by atoms with Crippen molar-refractivity contribution in [3.05, 3.63) is 82.1 Å². The van der Waals surface area contributed by atoms with Gasteiger partial charge in [0.15, 0.2) is 0 Å². The van der Waals surface area contributed by atoms with Gasteiger partial charge in [0.2, 0.25) is 0 Å². The SMILES string of the molecule is CN(Cc1ccc2c(c1)CN(C)C2)Cc1cnn(-c2ccccc2Cl)c1. The summed E-state index contributed by atoms with van der Waals surface area (Å²) in [5, 5.41) is 5.17. The highest BCUT2D eigenvalue weighted by Gasteiger charge is 2.16. The molecule has 2 aromatic carbocycles. The molecule has 26 heavy (non-hydrogen) atoms. The Balaban J connectivity index is 1.42. The van der Waals surface area contributed by atoms with Crippen molar-refractivity contribution in [1.29, 1.82) is 0 Å². The van der Waals surface area contributed by atoms with Gasteiger partial charge in [0, 0.05) is 37.9 Å². The predicted molar refractivity (Wildman–Crippen MR) is 105 cm³/mol. The van der Waals surface area contributed by atoms with E-state index in [1.54, 1.807) is 0 Å². The Morgan fingerprint density at radius 3 is 2.65 bits per heavy atom. The van der Waals surface area contributed by atoms with Gasteiger partial charge in [-0.25, -0.2) is 4.68 Å². The molecule has 0 aliphatic carbocycles. The highest BCUT2D eigenvalue weighted by atomic mass is 35.5. The van der Waals surface area contributed by atoms with Crippen LogP contribution in [0.4, 0.5) is 0 Å². The molecule has 1 aromatic heterocycles. The fourth-order valence-corrected chi connectivity index (χ4v) is 3.83. The minimum atomic E-state index is 0.707. The van der Waals surface area contributed by atoms with Gasteiger partial charge in [0.1, 0.15) is 0 Å². The van der Waals surface area contributed by atoms with Crippen molar-refractivity contribution >= 4 is 11.6 Å². The van der Waals surface area contributed by atoms with Crippen molar-refractivity contribution in [1.82, 2.24) is 19.6 Å². The van der Waals surface area contributed by atoms with Crippen molar-refractivity contribution < 1.29 is 0 Å². The molecular formula is C21H23ClN4. The zero-order chi connectivity index (χ0) is 18.1.